The Labute approximate surface area is 467 Å². The Morgan fingerprint density at radius 2 is 0.597 bits per heavy atom. The van der Waals surface area contributed by atoms with Gasteiger partial charge in [-0.15, -0.1) is 0 Å². The van der Waals surface area contributed by atoms with E-state index in [0.29, 0.717) is 152 Å². The van der Waals surface area contributed by atoms with Gasteiger partial charge in [-0.1, -0.05) is 0 Å². The van der Waals surface area contributed by atoms with Crippen LogP contribution in [0.4, 0.5) is 0 Å². The average molecular weight is 1170 g/mol. The van der Waals surface area contributed by atoms with E-state index in [2.05, 4.69) is 10.6 Å². The van der Waals surface area contributed by atoms with E-state index >= 15 is 0 Å². The van der Waals surface area contributed by atoms with Crippen molar-refractivity contribution in [3.63, 3.8) is 0 Å². The first kappa shape index (κ1) is 72.3. The third-order valence-electron chi connectivity index (χ3n) is 10.2. The Balaban J connectivity index is 5.96. The molecular formula is C46H97N10O8S8+. The SMILES string of the molecule is NCCSCC(CCOC(=O)CCN(CCC(=O)OCCC(CSCCN)SCCN)CCN(CCC(=O)OCCC(CSCCN)SCCN)CCC(=O)OCCC(CSCC[NH3+])SCCN)SCCN. The summed E-state index contributed by atoms with van der Waals surface area (Å²) in [6.07, 6.45) is 3.40. The van der Waals surface area contributed by atoms with E-state index in [1.54, 1.807) is 82.3 Å². The summed E-state index contributed by atoms with van der Waals surface area (Å²) in [6, 6.07) is 0. The highest BCUT2D eigenvalue weighted by Crippen LogP contribution is 2.23. The number of quaternary nitrogens is 1. The molecule has 0 aliphatic carbocycles. The third kappa shape index (κ3) is 46.4. The van der Waals surface area contributed by atoms with Gasteiger partial charge in [0.1, 0.15) is 0 Å². The van der Waals surface area contributed by atoms with Crippen LogP contribution in [0, 0.1) is 0 Å². The van der Waals surface area contributed by atoms with Gasteiger partial charge in [0.25, 0.3) is 0 Å². The number of hydrogen-bond acceptors (Lipinski definition) is 25. The van der Waals surface area contributed by atoms with Gasteiger partial charge in [0, 0.05) is 175 Å². The van der Waals surface area contributed by atoms with Crippen LogP contribution in [0.1, 0.15) is 51.4 Å². The van der Waals surface area contributed by atoms with Crippen LogP contribution in [0.5, 0.6) is 0 Å². The molecule has 0 aliphatic rings. The molecule has 0 heterocycles. The van der Waals surface area contributed by atoms with E-state index < -0.39 is 0 Å². The largest absolute Gasteiger partial charge is 0.466 e. The lowest BCUT2D eigenvalue weighted by Gasteiger charge is -2.27. The Morgan fingerprint density at radius 1 is 0.361 bits per heavy atom. The monoisotopic (exact) mass is 1170 g/mol. The molecule has 17 N–H and O–H groups in total. The number of hydrogen-bond donors (Lipinski definition) is 8. The van der Waals surface area contributed by atoms with Crippen molar-refractivity contribution in [1.29, 1.82) is 0 Å². The standard InChI is InChI=1S/C46H96N10O8S8/c47-9-27-65-35-39(69-31-13-51)5-23-61-43(57)1-17-55(18-2-44(58)62-24-6-40(70-32-14-52)36-66-28-10-48)21-22-56(19-3-45(59)63-25-7-41(71-33-15-53)37-67-29-11-49)20-4-46(60)64-26-8-42(72-34-16-54)38-68-30-12-50/h39-42H,1-38,47-54H2/p+1. The van der Waals surface area contributed by atoms with Crippen molar-refractivity contribution in [2.45, 2.75) is 72.4 Å². The molecule has 0 saturated carbocycles. The predicted octanol–water partition coefficient (Wildman–Crippen LogP) is 1.18. The van der Waals surface area contributed by atoms with Crippen LogP contribution in [0.2, 0.25) is 0 Å². The molecular weight excluding hydrogens is 1080 g/mol. The molecule has 4 unspecified atom stereocenters. The van der Waals surface area contributed by atoms with Crippen LogP contribution in [0.25, 0.3) is 0 Å². The summed E-state index contributed by atoms with van der Waals surface area (Å²) in [4.78, 5) is 56.7. The predicted molar refractivity (Wildman–Crippen MR) is 319 cm³/mol. The number of nitrogens with two attached hydrogens (primary N) is 7. The molecule has 4 atom stereocenters. The average Bonchev–Trinajstić information content (AvgIpc) is 3.37. The molecule has 0 saturated heterocycles. The second kappa shape index (κ2) is 54.6. The van der Waals surface area contributed by atoms with E-state index in [0.717, 1.165) is 82.0 Å². The Bertz CT molecular complexity index is 1110. The summed E-state index contributed by atoms with van der Waals surface area (Å²) >= 11 is 14.4. The van der Waals surface area contributed by atoms with Crippen molar-refractivity contribution in [3.05, 3.63) is 0 Å². The summed E-state index contributed by atoms with van der Waals surface area (Å²) in [5.41, 5.74) is 44.1. The van der Waals surface area contributed by atoms with Gasteiger partial charge in [-0.25, -0.2) is 0 Å². The Hall–Kier alpha value is 0.280. The molecule has 0 aromatic heterocycles. The highest BCUT2D eigenvalue weighted by Gasteiger charge is 2.20. The van der Waals surface area contributed by atoms with Gasteiger partial charge in [0.05, 0.1) is 58.7 Å². The zero-order chi connectivity index (χ0) is 53.1. The smallest absolute Gasteiger partial charge is 0.307 e. The second-order valence-corrected chi connectivity index (χ2v) is 26.6. The van der Waals surface area contributed by atoms with Gasteiger partial charge in [-0.05, 0) is 25.7 Å². The fourth-order valence-electron chi connectivity index (χ4n) is 6.47. The lowest BCUT2D eigenvalue weighted by atomic mass is 10.3. The van der Waals surface area contributed by atoms with E-state index in [-0.39, 0.29) is 49.6 Å². The van der Waals surface area contributed by atoms with Gasteiger partial charge < -0.3 is 74.6 Å². The maximum Gasteiger partial charge on any atom is 0.307 e. The number of rotatable bonds is 55. The van der Waals surface area contributed by atoms with E-state index in [4.69, 9.17) is 59.1 Å². The zero-order valence-corrected chi connectivity index (χ0v) is 49.9. The molecule has 72 heavy (non-hydrogen) atoms. The molecule has 0 spiro atoms. The van der Waals surface area contributed by atoms with Crippen molar-refractivity contribution < 1.29 is 43.9 Å². The topological polar surface area (TPSA) is 321 Å². The molecule has 26 heteroatoms. The number of esters is 4. The van der Waals surface area contributed by atoms with Crippen molar-refractivity contribution >= 4 is 118 Å². The number of carbonyl (C=O) groups is 4. The van der Waals surface area contributed by atoms with Gasteiger partial charge in [-0.3, -0.25) is 19.2 Å². The molecule has 0 aromatic carbocycles. The summed E-state index contributed by atoms with van der Waals surface area (Å²) < 4.78 is 22.9. The number of ether oxygens (including phenoxy) is 4. The number of thioether (sulfide) groups is 8. The minimum Gasteiger partial charge on any atom is -0.466 e. The second-order valence-electron chi connectivity index (χ2n) is 16.4. The summed E-state index contributed by atoms with van der Waals surface area (Å²) in [5, 5.41) is 1.22. The van der Waals surface area contributed by atoms with Gasteiger partial charge in [0.15, 0.2) is 0 Å². The third-order valence-corrected chi connectivity index (χ3v) is 21.2. The number of carbonyl (C=O) groups excluding carboxylic acids is 4. The van der Waals surface area contributed by atoms with Crippen LogP contribution in [0.15, 0.2) is 0 Å². The van der Waals surface area contributed by atoms with Crippen LogP contribution in [-0.4, -0.2) is 242 Å². The van der Waals surface area contributed by atoms with E-state index in [1.165, 1.54) is 0 Å². The van der Waals surface area contributed by atoms with Crippen molar-refractivity contribution in [2.75, 3.05) is 187 Å². The molecule has 0 aromatic rings. The van der Waals surface area contributed by atoms with Crippen LogP contribution < -0.4 is 45.9 Å². The lowest BCUT2D eigenvalue weighted by Crippen LogP contribution is -2.51. The summed E-state index contributed by atoms with van der Waals surface area (Å²) in [6.45, 7) is 8.58. The zero-order valence-electron chi connectivity index (χ0n) is 43.4. The molecule has 0 bridgehead atoms. The van der Waals surface area contributed by atoms with Crippen LogP contribution >= 0.6 is 94.1 Å². The maximum absolute atomic E-state index is 13.2. The molecule has 18 nitrogen and oxygen atoms in total. The molecule has 0 aliphatic heterocycles. The maximum atomic E-state index is 13.2. The molecule has 0 amide bonds. The van der Waals surface area contributed by atoms with E-state index in [1.807, 2.05) is 16.7 Å². The Morgan fingerprint density at radius 3 is 0.819 bits per heavy atom. The van der Waals surface area contributed by atoms with Crippen LogP contribution in [-0.2, 0) is 38.1 Å². The quantitative estimate of drug-likeness (QED) is 0.0241. The van der Waals surface area contributed by atoms with Crippen molar-refractivity contribution in [2.24, 2.45) is 40.1 Å². The van der Waals surface area contributed by atoms with Gasteiger partial charge in [-0.2, -0.15) is 94.1 Å². The van der Waals surface area contributed by atoms with Gasteiger partial charge in [0.2, 0.25) is 0 Å². The van der Waals surface area contributed by atoms with E-state index in [9.17, 15) is 19.2 Å². The summed E-state index contributed by atoms with van der Waals surface area (Å²) in [5.74, 6) is 9.33. The first-order valence-corrected chi connectivity index (χ1v) is 34.4. The molecule has 0 radical (unpaired) electrons. The first-order chi connectivity index (χ1) is 35.1. The minimum absolute atomic E-state index is 0.129. The fourth-order valence-corrected chi connectivity index (χ4v) is 15.2. The highest BCUT2D eigenvalue weighted by molar-refractivity contribution is 8.04. The minimum atomic E-state index is -0.318. The Kier molecular flexibility index (Phi) is 54.8. The number of nitrogens with zero attached hydrogens (tertiary/aromatic N) is 2. The molecule has 426 valence electrons. The molecule has 0 fully saturated rings. The van der Waals surface area contributed by atoms with Crippen LogP contribution in [0.3, 0.4) is 0 Å². The fraction of sp³-hybridized carbons (Fsp3) is 0.913. The van der Waals surface area contributed by atoms with Crippen molar-refractivity contribution in [3.8, 4) is 0 Å². The lowest BCUT2D eigenvalue weighted by molar-refractivity contribution is -0.360. The van der Waals surface area contributed by atoms with Gasteiger partial charge >= 0.3 is 23.9 Å². The summed E-state index contributed by atoms with van der Waals surface area (Å²) in [7, 11) is 0. The normalized spacial score (nSPS) is 13.3. The first-order valence-electron chi connectivity index (χ1n) is 25.6. The van der Waals surface area contributed by atoms with Crippen molar-refractivity contribution in [1.82, 2.24) is 9.80 Å². The molecule has 0 rings (SSSR count). The highest BCUT2D eigenvalue weighted by atomic mass is 32.2.